The number of aromatic nitrogens is 14. The average molecular weight is 1550 g/mol. The van der Waals surface area contributed by atoms with Crippen molar-refractivity contribution in [3.05, 3.63) is 76.5 Å². The first kappa shape index (κ1) is 85.4. The zero-order chi connectivity index (χ0) is 79.3. The zero-order valence-corrected chi connectivity index (χ0v) is 67.6. The van der Waals surface area contributed by atoms with Crippen molar-refractivity contribution < 1.29 is 37.9 Å². The van der Waals surface area contributed by atoms with Crippen LogP contribution in [0.4, 0.5) is 55.6 Å². The summed E-state index contributed by atoms with van der Waals surface area (Å²) in [5.41, 5.74) is 24.9. The summed E-state index contributed by atoms with van der Waals surface area (Å²) in [6, 6.07) is 13.6. The van der Waals surface area contributed by atoms with Crippen LogP contribution < -0.4 is 53.9 Å². The lowest BCUT2D eigenvalue weighted by Gasteiger charge is -2.32. The Morgan fingerprint density at radius 3 is 1.23 bits per heavy atom. The van der Waals surface area contributed by atoms with Crippen LogP contribution in [-0.4, -0.2) is 242 Å². The molecule has 0 saturated carbocycles. The van der Waals surface area contributed by atoms with Crippen LogP contribution in [0.5, 0.6) is 0 Å². The molecular formula is C69H108BCl3N26O8. The maximum Gasteiger partial charge on any atom is 0.514 e. The van der Waals surface area contributed by atoms with Crippen LogP contribution >= 0.6 is 34.8 Å². The van der Waals surface area contributed by atoms with Crippen molar-refractivity contribution >= 4 is 107 Å². The molecule has 0 unspecified atom stereocenters. The van der Waals surface area contributed by atoms with Gasteiger partial charge in [0.15, 0.2) is 0 Å². The van der Waals surface area contributed by atoms with Gasteiger partial charge < -0.3 is 86.5 Å². The lowest BCUT2D eigenvalue weighted by molar-refractivity contribution is 0.00578. The number of nitrogens with two attached hydrogens (primary N) is 4. The van der Waals surface area contributed by atoms with Gasteiger partial charge in [-0.2, -0.15) is 30.2 Å². The summed E-state index contributed by atoms with van der Waals surface area (Å²) in [5.74, 6) is 3.06. The Kier molecular flexibility index (Phi) is 29.0. The predicted octanol–water partition coefficient (Wildman–Crippen LogP) is 7.62. The molecule has 0 aromatic carbocycles. The van der Waals surface area contributed by atoms with Gasteiger partial charge in [0.2, 0.25) is 23.8 Å². The molecule has 0 aliphatic carbocycles. The third-order valence-corrected chi connectivity index (χ3v) is 18.6. The number of nitrogens with zero attached hydrogens (tertiary/aromatic N) is 20. The molecule has 0 radical (unpaired) electrons. The molecule has 7 aromatic rings. The van der Waals surface area contributed by atoms with E-state index in [2.05, 4.69) is 75.6 Å². The first-order valence-electron chi connectivity index (χ1n) is 35.2. The van der Waals surface area contributed by atoms with Gasteiger partial charge in [0.05, 0.1) is 51.7 Å². The molecule has 0 spiro atoms. The lowest BCUT2D eigenvalue weighted by atomic mass is 9.85. The van der Waals surface area contributed by atoms with Crippen molar-refractivity contribution in [2.75, 3.05) is 118 Å². The van der Waals surface area contributed by atoms with E-state index in [1.807, 2.05) is 153 Å². The van der Waals surface area contributed by atoms with Gasteiger partial charge in [0.25, 0.3) is 0 Å². The van der Waals surface area contributed by atoms with Crippen molar-refractivity contribution in [3.8, 4) is 22.8 Å². The zero-order valence-electron chi connectivity index (χ0n) is 65.3. The van der Waals surface area contributed by atoms with Gasteiger partial charge in [-0.05, 0) is 147 Å². The SMILES string of the molecule is CN(C(=O)OC(C)(C)C)[C@@H]1CCN(c2cc(-c3ccnn3C)nc(N)n2)C1.CN(C(=O)OC(C)(C)C)[C@@H]1CCN(c2cc(Cl)nc(N)n2)C1.CN(C(=O)OC(C)(C)C)[C@@H]1CCNC1.CN[C@@H]1CCN(c2cc(-c3ccnn3C)nc(N)n2)C1.Cn1nccc1B1OC(C)(C)C(C)(C)O1.Nc1nc(Cl)cc(Cl)n1. The number of carbonyl (C=O) groups excluding carboxylic acids is 3. The molecule has 38 heteroatoms. The number of likely N-dealkylation sites (N-methyl/N-ethyl adjacent to an activating group) is 4. The van der Waals surface area contributed by atoms with Gasteiger partial charge in [0.1, 0.15) is 49.7 Å². The van der Waals surface area contributed by atoms with Crippen LogP contribution in [0.1, 0.15) is 116 Å². The molecule has 10 N–H and O–H groups in total. The Bertz CT molecular complexity index is 4000. The Balaban J connectivity index is 0.000000184. The van der Waals surface area contributed by atoms with E-state index in [-0.39, 0.29) is 82.9 Å². The number of ether oxygens (including phenoxy) is 3. The standard InChI is InChI=1S/C18H27N7O2.C14H22ClN5O2.C13H19N7.C10H17BN2O2.C10H20N2O2.C4H3Cl2N3/c1-18(2,3)27-17(26)23(4)12-7-9-25(11-12)15-10-13(21-16(19)22-15)14-6-8-20-24(14)5;1-14(2,3)22-13(21)19(4)9-5-6-20(8-9)11-7-10(15)17-12(16)18-11;1-15-9-4-6-20(8-9)12-7-10(17-13(14)18-12)11-3-5-16-19(11)2;1-9(2)10(3,4)15-11(14-9)8-6-7-12-13(8)5;1-10(2,3)14-9(13)12(4)8-5-6-11-7-8;5-2-1-3(6)9-4(7)8-2/h6,8,10,12H,7,9,11H2,1-5H3,(H2,19,21,22);7,9H,5-6,8H2,1-4H3,(H2,16,17,18);3,5,7,9,15H,4,6,8H2,1-2H3,(H2,14,17,18);6-7H,1-5H3;8,11H,5-7H2,1-4H3;1H,(H2,7,8,9)/t12-;2*9-;;8-;/m111.1./s1. The van der Waals surface area contributed by atoms with Crippen molar-refractivity contribution in [3.63, 3.8) is 0 Å². The molecule has 586 valence electrons. The molecule has 12 heterocycles. The lowest BCUT2D eigenvalue weighted by Crippen LogP contribution is -2.42. The minimum atomic E-state index is -0.511. The van der Waals surface area contributed by atoms with Crippen molar-refractivity contribution in [1.29, 1.82) is 0 Å². The molecule has 107 heavy (non-hydrogen) atoms. The molecule has 3 amide bonds. The highest BCUT2D eigenvalue weighted by atomic mass is 35.5. The number of nitrogen functional groups attached to an aromatic ring is 4. The summed E-state index contributed by atoms with van der Waals surface area (Å²) >= 11 is 16.8. The maximum absolute atomic E-state index is 12.3. The summed E-state index contributed by atoms with van der Waals surface area (Å²) in [5, 5.41) is 19.8. The van der Waals surface area contributed by atoms with Crippen LogP contribution in [0, 0.1) is 0 Å². The molecule has 5 fully saturated rings. The highest BCUT2D eigenvalue weighted by molar-refractivity contribution is 6.61. The number of aryl methyl sites for hydroxylation is 3. The highest BCUT2D eigenvalue weighted by Gasteiger charge is 2.52. The Labute approximate surface area is 642 Å². The van der Waals surface area contributed by atoms with E-state index in [0.29, 0.717) is 36.1 Å². The summed E-state index contributed by atoms with van der Waals surface area (Å²) < 4.78 is 33.3. The number of hydrogen-bond acceptors (Lipinski definition) is 28. The highest BCUT2D eigenvalue weighted by Crippen LogP contribution is 2.37. The van der Waals surface area contributed by atoms with E-state index in [9.17, 15) is 14.4 Å². The molecule has 4 atom stereocenters. The first-order valence-corrected chi connectivity index (χ1v) is 36.4. The molecule has 0 bridgehead atoms. The number of carbonyl (C=O) groups is 3. The molecule has 7 aromatic heterocycles. The van der Waals surface area contributed by atoms with Gasteiger partial charge in [-0.1, -0.05) is 34.8 Å². The largest absolute Gasteiger partial charge is 0.514 e. The second kappa shape index (κ2) is 36.4. The predicted molar refractivity (Wildman–Crippen MR) is 418 cm³/mol. The van der Waals surface area contributed by atoms with E-state index in [0.717, 1.165) is 105 Å². The number of nitrogens with one attached hydrogen (secondary N) is 2. The third-order valence-electron chi connectivity index (χ3n) is 18.0. The normalized spacial score (nSPS) is 18.6. The summed E-state index contributed by atoms with van der Waals surface area (Å²) in [4.78, 5) is 80.0. The monoisotopic (exact) mass is 1540 g/mol. The van der Waals surface area contributed by atoms with E-state index in [4.69, 9.17) is 81.3 Å². The molecule has 5 saturated heterocycles. The molecule has 5 aliphatic heterocycles. The third kappa shape index (κ3) is 25.1. The first-order chi connectivity index (χ1) is 49.9. The van der Waals surface area contributed by atoms with Gasteiger partial charge in [0, 0.05) is 143 Å². The van der Waals surface area contributed by atoms with Gasteiger partial charge in [-0.3, -0.25) is 14.0 Å². The molecular weight excluding hydrogens is 1440 g/mol. The summed E-state index contributed by atoms with van der Waals surface area (Å²) in [6.07, 6.45) is 8.14. The van der Waals surface area contributed by atoms with E-state index >= 15 is 0 Å². The van der Waals surface area contributed by atoms with Gasteiger partial charge in [-0.15, -0.1) is 0 Å². The Hall–Kier alpha value is -8.87. The second-order valence-electron chi connectivity index (χ2n) is 30.3. The van der Waals surface area contributed by atoms with Crippen molar-refractivity contribution in [2.24, 2.45) is 21.1 Å². The fourth-order valence-electron chi connectivity index (χ4n) is 11.5. The van der Waals surface area contributed by atoms with Crippen LogP contribution in [0.25, 0.3) is 22.8 Å². The number of amides is 3. The summed E-state index contributed by atoms with van der Waals surface area (Å²) in [7, 11) is 12.6. The minimum absolute atomic E-state index is 0.0520. The number of anilines is 7. The number of halogens is 3. The van der Waals surface area contributed by atoms with E-state index in [1.165, 1.54) is 6.07 Å². The topological polar surface area (TPSA) is 402 Å². The fourth-order valence-corrected chi connectivity index (χ4v) is 12.1. The minimum Gasteiger partial charge on any atom is -0.444 e. The Morgan fingerprint density at radius 1 is 0.523 bits per heavy atom. The second-order valence-corrected chi connectivity index (χ2v) is 31.4. The molecule has 5 aliphatic rings. The van der Waals surface area contributed by atoms with Gasteiger partial charge >= 0.3 is 25.4 Å². The van der Waals surface area contributed by atoms with Crippen molar-refractivity contribution in [1.82, 2.24) is 94.5 Å². The number of rotatable bonds is 10. The molecule has 34 nitrogen and oxygen atoms in total. The maximum atomic E-state index is 12.3. The number of hydrogen-bond donors (Lipinski definition) is 6. The van der Waals surface area contributed by atoms with Crippen LogP contribution in [-0.2, 0) is 44.7 Å². The smallest absolute Gasteiger partial charge is 0.444 e. The Morgan fingerprint density at radius 2 is 0.888 bits per heavy atom. The average Bonchev–Trinajstić information content (AvgIpc) is 1.63. The van der Waals surface area contributed by atoms with Crippen molar-refractivity contribution in [2.45, 2.75) is 168 Å². The summed E-state index contributed by atoms with van der Waals surface area (Å²) in [6.45, 7) is 31.6. The quantitative estimate of drug-likeness (QED) is 0.0435. The fraction of sp³-hybridized carbons (Fsp3) is 0.594. The van der Waals surface area contributed by atoms with Crippen LogP contribution in [0.2, 0.25) is 15.5 Å². The van der Waals surface area contributed by atoms with Gasteiger partial charge in [-0.25, -0.2) is 39.3 Å². The van der Waals surface area contributed by atoms with E-state index in [1.54, 1.807) is 74.5 Å². The molecule has 12 rings (SSSR count). The van der Waals surface area contributed by atoms with E-state index < -0.39 is 16.8 Å². The van der Waals surface area contributed by atoms with Crippen LogP contribution in [0.15, 0.2) is 61.1 Å². The van der Waals surface area contributed by atoms with Crippen LogP contribution in [0.3, 0.4) is 0 Å².